The van der Waals surface area contributed by atoms with Gasteiger partial charge in [-0.3, -0.25) is 9.59 Å². The number of amides is 2. The average molecular weight is 330 g/mol. The van der Waals surface area contributed by atoms with Crippen molar-refractivity contribution < 1.29 is 18.7 Å². The van der Waals surface area contributed by atoms with Gasteiger partial charge >= 0.3 is 0 Å². The van der Waals surface area contributed by atoms with E-state index in [2.05, 4.69) is 10.6 Å². The van der Waals surface area contributed by atoms with Crippen LogP contribution in [-0.4, -0.2) is 25.0 Å². The monoisotopic (exact) mass is 330 g/mol. The second-order valence-electron chi connectivity index (χ2n) is 4.98. The molecule has 2 rings (SSSR count). The fraction of sp³-hybridized carbons (Fsp3) is 0.222. The van der Waals surface area contributed by atoms with Gasteiger partial charge in [0.1, 0.15) is 11.6 Å². The van der Waals surface area contributed by atoms with Crippen molar-refractivity contribution in [3.63, 3.8) is 0 Å². The Morgan fingerprint density at radius 1 is 1.04 bits per heavy atom. The molecule has 0 unspecified atom stereocenters. The van der Waals surface area contributed by atoms with E-state index in [1.54, 1.807) is 42.5 Å². The van der Waals surface area contributed by atoms with Gasteiger partial charge in [0.05, 0.1) is 18.7 Å². The highest BCUT2D eigenvalue weighted by atomic mass is 19.1. The fourth-order valence-electron chi connectivity index (χ4n) is 2.09. The molecule has 2 N–H and O–H groups in total. The molecule has 0 aromatic heterocycles. The minimum atomic E-state index is -0.403. The number of para-hydroxylation sites is 1. The molecule has 2 aromatic rings. The van der Waals surface area contributed by atoms with Crippen LogP contribution in [0.2, 0.25) is 0 Å². The van der Waals surface area contributed by atoms with Crippen molar-refractivity contribution in [2.75, 3.05) is 13.2 Å². The van der Waals surface area contributed by atoms with Gasteiger partial charge in [-0.25, -0.2) is 4.39 Å². The van der Waals surface area contributed by atoms with Crippen LogP contribution in [-0.2, 0) is 11.3 Å². The summed E-state index contributed by atoms with van der Waals surface area (Å²) >= 11 is 0. The van der Waals surface area contributed by atoms with Crippen LogP contribution < -0.4 is 15.4 Å². The van der Waals surface area contributed by atoms with Crippen LogP contribution in [0.4, 0.5) is 4.39 Å². The first kappa shape index (κ1) is 17.5. The third kappa shape index (κ3) is 4.81. The summed E-state index contributed by atoms with van der Waals surface area (Å²) in [5, 5.41) is 5.09. The average Bonchev–Trinajstić information content (AvgIpc) is 2.60. The van der Waals surface area contributed by atoms with E-state index in [4.69, 9.17) is 4.74 Å². The van der Waals surface area contributed by atoms with Crippen molar-refractivity contribution in [3.05, 3.63) is 65.5 Å². The molecule has 0 aliphatic rings. The summed E-state index contributed by atoms with van der Waals surface area (Å²) in [5.74, 6) is -0.725. The molecule has 0 bridgehead atoms. The van der Waals surface area contributed by atoms with E-state index in [9.17, 15) is 14.0 Å². The standard InChI is InChI=1S/C18H19FN2O3/c1-2-24-16-10-6-4-8-14(16)18(23)21-12-17(22)20-11-13-7-3-5-9-15(13)19/h3-10H,2,11-12H2,1H3,(H,20,22)(H,21,23). The number of ether oxygens (including phenoxy) is 1. The normalized spacial score (nSPS) is 10.1. The minimum absolute atomic E-state index is 0.0664. The molecular formula is C18H19FN2O3. The first-order chi connectivity index (χ1) is 11.6. The number of carbonyl (C=O) groups excluding carboxylic acids is 2. The van der Waals surface area contributed by atoms with Gasteiger partial charge in [-0.15, -0.1) is 0 Å². The van der Waals surface area contributed by atoms with Gasteiger partial charge in [-0.05, 0) is 25.1 Å². The van der Waals surface area contributed by atoms with E-state index in [1.807, 2.05) is 6.92 Å². The quantitative estimate of drug-likeness (QED) is 0.818. The zero-order valence-corrected chi connectivity index (χ0v) is 13.3. The molecule has 24 heavy (non-hydrogen) atoms. The maximum atomic E-state index is 13.5. The lowest BCUT2D eigenvalue weighted by molar-refractivity contribution is -0.120. The molecule has 2 amide bonds. The number of benzene rings is 2. The van der Waals surface area contributed by atoms with Gasteiger partial charge in [0.15, 0.2) is 0 Å². The zero-order chi connectivity index (χ0) is 17.4. The van der Waals surface area contributed by atoms with Crippen LogP contribution in [0.5, 0.6) is 5.75 Å². The molecule has 0 saturated heterocycles. The molecule has 0 aliphatic heterocycles. The summed E-state index contributed by atoms with van der Waals surface area (Å²) in [7, 11) is 0. The number of hydrogen-bond donors (Lipinski definition) is 2. The van der Waals surface area contributed by atoms with Crippen molar-refractivity contribution in [2.24, 2.45) is 0 Å². The van der Waals surface area contributed by atoms with Gasteiger partial charge in [0, 0.05) is 12.1 Å². The lowest BCUT2D eigenvalue weighted by Gasteiger charge is -2.11. The third-order valence-corrected chi connectivity index (χ3v) is 3.27. The molecule has 0 saturated carbocycles. The van der Waals surface area contributed by atoms with Crippen LogP contribution in [0.15, 0.2) is 48.5 Å². The Bertz CT molecular complexity index is 719. The van der Waals surface area contributed by atoms with Crippen LogP contribution in [0.3, 0.4) is 0 Å². The lowest BCUT2D eigenvalue weighted by Crippen LogP contribution is -2.36. The van der Waals surface area contributed by atoms with E-state index in [0.29, 0.717) is 23.5 Å². The summed E-state index contributed by atoms with van der Waals surface area (Å²) in [6.45, 7) is 2.13. The van der Waals surface area contributed by atoms with E-state index in [1.165, 1.54) is 6.07 Å². The molecule has 0 radical (unpaired) electrons. The molecule has 2 aromatic carbocycles. The molecule has 6 heteroatoms. The van der Waals surface area contributed by atoms with Crippen molar-refractivity contribution in [1.82, 2.24) is 10.6 Å². The molecule has 5 nitrogen and oxygen atoms in total. The molecule has 0 atom stereocenters. The zero-order valence-electron chi connectivity index (χ0n) is 13.3. The topological polar surface area (TPSA) is 67.4 Å². The summed E-state index contributed by atoms with van der Waals surface area (Å²) in [5.41, 5.74) is 0.750. The molecule has 0 fully saturated rings. The molecular weight excluding hydrogens is 311 g/mol. The summed E-state index contributed by atoms with van der Waals surface area (Å²) < 4.78 is 18.8. The van der Waals surface area contributed by atoms with Crippen LogP contribution >= 0.6 is 0 Å². The number of nitrogens with one attached hydrogen (secondary N) is 2. The van der Waals surface area contributed by atoms with Gasteiger partial charge in [0.25, 0.3) is 5.91 Å². The second kappa shape index (κ2) is 8.67. The van der Waals surface area contributed by atoms with E-state index in [-0.39, 0.29) is 18.9 Å². The molecule has 0 spiro atoms. The number of carbonyl (C=O) groups is 2. The third-order valence-electron chi connectivity index (χ3n) is 3.27. The van der Waals surface area contributed by atoms with Crippen molar-refractivity contribution in [3.8, 4) is 5.75 Å². The number of hydrogen-bond acceptors (Lipinski definition) is 3. The molecule has 126 valence electrons. The Kier molecular flexibility index (Phi) is 6.31. The van der Waals surface area contributed by atoms with Crippen LogP contribution in [0.25, 0.3) is 0 Å². The smallest absolute Gasteiger partial charge is 0.255 e. The fourth-order valence-corrected chi connectivity index (χ4v) is 2.09. The lowest BCUT2D eigenvalue weighted by atomic mass is 10.2. The van der Waals surface area contributed by atoms with Gasteiger partial charge in [-0.1, -0.05) is 30.3 Å². The Morgan fingerprint density at radius 3 is 2.50 bits per heavy atom. The second-order valence-corrected chi connectivity index (χ2v) is 4.98. The van der Waals surface area contributed by atoms with Crippen molar-refractivity contribution in [1.29, 1.82) is 0 Å². The summed E-state index contributed by atoms with van der Waals surface area (Å²) in [6, 6.07) is 13.0. The predicted molar refractivity (Wildman–Crippen MR) is 88.2 cm³/mol. The minimum Gasteiger partial charge on any atom is -0.493 e. The molecule has 0 aliphatic carbocycles. The SMILES string of the molecule is CCOc1ccccc1C(=O)NCC(=O)NCc1ccccc1F. The van der Waals surface area contributed by atoms with Gasteiger partial charge < -0.3 is 15.4 Å². The Hall–Kier alpha value is -2.89. The predicted octanol–water partition coefficient (Wildman–Crippen LogP) is 2.27. The highest BCUT2D eigenvalue weighted by Crippen LogP contribution is 2.17. The van der Waals surface area contributed by atoms with Crippen LogP contribution in [0, 0.1) is 5.82 Å². The van der Waals surface area contributed by atoms with E-state index < -0.39 is 11.8 Å². The molecule has 0 heterocycles. The highest BCUT2D eigenvalue weighted by molar-refractivity contribution is 5.98. The Balaban J connectivity index is 1.85. The number of halogens is 1. The number of rotatable bonds is 7. The van der Waals surface area contributed by atoms with Crippen LogP contribution in [0.1, 0.15) is 22.8 Å². The summed E-state index contributed by atoms with van der Waals surface area (Å²) in [6.07, 6.45) is 0. The van der Waals surface area contributed by atoms with E-state index in [0.717, 1.165) is 0 Å². The maximum Gasteiger partial charge on any atom is 0.255 e. The highest BCUT2D eigenvalue weighted by Gasteiger charge is 2.13. The largest absolute Gasteiger partial charge is 0.493 e. The Labute approximate surface area is 139 Å². The van der Waals surface area contributed by atoms with Crippen molar-refractivity contribution >= 4 is 11.8 Å². The Morgan fingerprint density at radius 2 is 1.75 bits per heavy atom. The first-order valence-corrected chi connectivity index (χ1v) is 7.62. The van der Waals surface area contributed by atoms with Gasteiger partial charge in [-0.2, -0.15) is 0 Å². The summed E-state index contributed by atoms with van der Waals surface area (Å²) in [4.78, 5) is 23.9. The van der Waals surface area contributed by atoms with Crippen molar-refractivity contribution in [2.45, 2.75) is 13.5 Å². The maximum absolute atomic E-state index is 13.5. The van der Waals surface area contributed by atoms with Gasteiger partial charge in [0.2, 0.25) is 5.91 Å². The first-order valence-electron chi connectivity index (χ1n) is 7.62. The van der Waals surface area contributed by atoms with E-state index >= 15 is 0 Å².